The number of fused-ring (bicyclic) bond motifs is 1. The summed E-state index contributed by atoms with van der Waals surface area (Å²) in [5, 5.41) is 0. The van der Waals surface area contributed by atoms with Crippen molar-refractivity contribution in [2.45, 2.75) is 45.6 Å². The summed E-state index contributed by atoms with van der Waals surface area (Å²) in [6.07, 6.45) is 1.57. The van der Waals surface area contributed by atoms with E-state index >= 15 is 0 Å². The van der Waals surface area contributed by atoms with E-state index < -0.39 is 5.60 Å². The largest absolute Gasteiger partial charge is 0.443 e. The molecule has 0 bridgehead atoms. The van der Waals surface area contributed by atoms with Gasteiger partial charge in [0, 0.05) is 42.5 Å². The second-order valence-corrected chi connectivity index (χ2v) is 8.40. The fourth-order valence-corrected chi connectivity index (χ4v) is 3.19. The van der Waals surface area contributed by atoms with Crippen molar-refractivity contribution in [3.63, 3.8) is 0 Å². The standard InChI is InChI=1S/C21H27N3O2/c1-20(2,3)26-19(25)24-14-21(4,5)16-13-22-18(12-17(16)24)23(6)15-10-8-7-9-11-15/h7-13H,14H2,1-6H3. The lowest BCUT2D eigenvalue weighted by Gasteiger charge is -2.26. The van der Waals surface area contributed by atoms with Gasteiger partial charge in [-0.15, -0.1) is 0 Å². The van der Waals surface area contributed by atoms with Crippen LogP contribution in [0, 0.1) is 0 Å². The first-order valence-electron chi connectivity index (χ1n) is 8.88. The molecule has 1 aromatic carbocycles. The minimum absolute atomic E-state index is 0.164. The summed E-state index contributed by atoms with van der Waals surface area (Å²) >= 11 is 0. The van der Waals surface area contributed by atoms with Gasteiger partial charge in [-0.2, -0.15) is 0 Å². The van der Waals surface area contributed by atoms with Crippen LogP contribution in [0.1, 0.15) is 40.2 Å². The van der Waals surface area contributed by atoms with E-state index in [1.54, 1.807) is 4.90 Å². The molecule has 26 heavy (non-hydrogen) atoms. The summed E-state index contributed by atoms with van der Waals surface area (Å²) in [5.41, 5.74) is 2.29. The third-order valence-electron chi connectivity index (χ3n) is 4.54. The first-order valence-corrected chi connectivity index (χ1v) is 8.88. The number of rotatable bonds is 2. The Hall–Kier alpha value is -2.56. The lowest BCUT2D eigenvalue weighted by Crippen LogP contribution is -2.38. The highest BCUT2D eigenvalue weighted by Crippen LogP contribution is 2.42. The molecule has 0 unspecified atom stereocenters. The number of nitrogens with zero attached hydrogens (tertiary/aromatic N) is 3. The van der Waals surface area contributed by atoms with E-state index in [1.165, 1.54) is 0 Å². The van der Waals surface area contributed by atoms with Crippen molar-refractivity contribution in [1.82, 2.24) is 4.98 Å². The third-order valence-corrected chi connectivity index (χ3v) is 4.54. The zero-order chi connectivity index (χ0) is 19.1. The summed E-state index contributed by atoms with van der Waals surface area (Å²) in [6, 6.07) is 12.0. The maximum absolute atomic E-state index is 12.7. The van der Waals surface area contributed by atoms with E-state index in [0.29, 0.717) is 6.54 Å². The van der Waals surface area contributed by atoms with Crippen molar-refractivity contribution >= 4 is 23.3 Å². The average molecular weight is 353 g/mol. The van der Waals surface area contributed by atoms with E-state index in [1.807, 2.05) is 75.3 Å². The molecule has 3 rings (SSSR count). The first-order chi connectivity index (χ1) is 12.1. The molecule has 0 saturated carbocycles. The van der Waals surface area contributed by atoms with Crippen LogP contribution in [0.5, 0.6) is 0 Å². The Labute approximate surface area is 155 Å². The predicted molar refractivity (Wildman–Crippen MR) is 105 cm³/mol. The number of ether oxygens (including phenoxy) is 1. The maximum Gasteiger partial charge on any atom is 0.414 e. The Morgan fingerprint density at radius 1 is 1.23 bits per heavy atom. The van der Waals surface area contributed by atoms with Gasteiger partial charge in [0.05, 0.1) is 5.69 Å². The minimum Gasteiger partial charge on any atom is -0.443 e. The number of amides is 1. The Morgan fingerprint density at radius 3 is 2.50 bits per heavy atom. The van der Waals surface area contributed by atoms with E-state index in [0.717, 1.165) is 22.8 Å². The van der Waals surface area contributed by atoms with Crippen molar-refractivity contribution in [3.8, 4) is 0 Å². The number of aromatic nitrogens is 1. The quantitative estimate of drug-likeness (QED) is 0.772. The van der Waals surface area contributed by atoms with Gasteiger partial charge in [-0.1, -0.05) is 32.0 Å². The molecule has 0 N–H and O–H groups in total. The smallest absolute Gasteiger partial charge is 0.414 e. The summed E-state index contributed by atoms with van der Waals surface area (Å²) in [5.74, 6) is 0.793. The second-order valence-electron chi connectivity index (χ2n) is 8.40. The van der Waals surface area contributed by atoms with Crippen LogP contribution < -0.4 is 9.80 Å². The summed E-state index contributed by atoms with van der Waals surface area (Å²) in [6.45, 7) is 10.5. The van der Waals surface area contributed by atoms with Crippen molar-refractivity contribution in [2.75, 3.05) is 23.4 Å². The van der Waals surface area contributed by atoms with Gasteiger partial charge in [0.15, 0.2) is 0 Å². The van der Waals surface area contributed by atoms with Crippen molar-refractivity contribution < 1.29 is 9.53 Å². The molecule has 0 saturated heterocycles. The van der Waals surface area contributed by atoms with Gasteiger partial charge in [0.2, 0.25) is 0 Å². The molecule has 5 nitrogen and oxygen atoms in total. The van der Waals surface area contributed by atoms with Gasteiger partial charge in [-0.3, -0.25) is 4.90 Å². The maximum atomic E-state index is 12.7. The molecule has 138 valence electrons. The SMILES string of the molecule is CN(c1ccccc1)c1cc2c(cn1)C(C)(C)CN2C(=O)OC(C)(C)C. The second kappa shape index (κ2) is 6.31. The third kappa shape index (κ3) is 3.52. The molecule has 0 fully saturated rings. The lowest BCUT2D eigenvalue weighted by atomic mass is 9.88. The van der Waals surface area contributed by atoms with Crippen LogP contribution in [-0.4, -0.2) is 30.3 Å². The molecule has 1 aliphatic heterocycles. The topological polar surface area (TPSA) is 45.7 Å². The highest BCUT2D eigenvalue weighted by Gasteiger charge is 2.40. The number of pyridine rings is 1. The minimum atomic E-state index is -0.527. The average Bonchev–Trinajstić information content (AvgIpc) is 2.84. The highest BCUT2D eigenvalue weighted by atomic mass is 16.6. The van der Waals surface area contributed by atoms with Gasteiger partial charge in [0.1, 0.15) is 11.4 Å². The van der Waals surface area contributed by atoms with Crippen molar-refractivity contribution in [3.05, 3.63) is 48.2 Å². The zero-order valence-corrected chi connectivity index (χ0v) is 16.4. The van der Waals surface area contributed by atoms with E-state index in [2.05, 4.69) is 18.8 Å². The Bertz CT molecular complexity index is 810. The molecule has 1 aliphatic rings. The number of anilines is 3. The zero-order valence-electron chi connectivity index (χ0n) is 16.4. The molecule has 2 aromatic rings. The first kappa shape index (κ1) is 18.2. The summed E-state index contributed by atoms with van der Waals surface area (Å²) < 4.78 is 5.61. The number of hydrogen-bond donors (Lipinski definition) is 0. The lowest BCUT2D eigenvalue weighted by molar-refractivity contribution is 0.0579. The number of benzene rings is 1. The van der Waals surface area contributed by atoms with Crippen LogP contribution in [0.4, 0.5) is 22.0 Å². The van der Waals surface area contributed by atoms with Gasteiger partial charge >= 0.3 is 6.09 Å². The van der Waals surface area contributed by atoms with Crippen LogP contribution in [0.15, 0.2) is 42.6 Å². The molecule has 1 aromatic heterocycles. The molecular weight excluding hydrogens is 326 g/mol. The van der Waals surface area contributed by atoms with Gasteiger partial charge in [-0.25, -0.2) is 9.78 Å². The van der Waals surface area contributed by atoms with Gasteiger partial charge in [-0.05, 0) is 32.9 Å². The molecule has 0 atom stereocenters. The fraction of sp³-hybridized carbons (Fsp3) is 0.429. The molecule has 1 amide bonds. The van der Waals surface area contributed by atoms with Crippen LogP contribution in [0.2, 0.25) is 0 Å². The number of hydrogen-bond acceptors (Lipinski definition) is 4. The molecule has 5 heteroatoms. The van der Waals surface area contributed by atoms with E-state index in [-0.39, 0.29) is 11.5 Å². The van der Waals surface area contributed by atoms with Gasteiger partial charge in [0.25, 0.3) is 0 Å². The number of para-hydroxylation sites is 1. The fourth-order valence-electron chi connectivity index (χ4n) is 3.19. The number of carbonyl (C=O) groups excluding carboxylic acids is 1. The molecular formula is C21H27N3O2. The Kier molecular flexibility index (Phi) is 4.42. The predicted octanol–water partition coefficient (Wildman–Crippen LogP) is 4.88. The molecule has 0 radical (unpaired) electrons. The van der Waals surface area contributed by atoms with Crippen LogP contribution in [-0.2, 0) is 10.2 Å². The molecule has 0 aliphatic carbocycles. The molecule has 0 spiro atoms. The molecule has 2 heterocycles. The van der Waals surface area contributed by atoms with Crippen LogP contribution >= 0.6 is 0 Å². The van der Waals surface area contributed by atoms with Crippen molar-refractivity contribution in [1.29, 1.82) is 0 Å². The summed E-state index contributed by atoms with van der Waals surface area (Å²) in [4.78, 5) is 21.1. The summed E-state index contributed by atoms with van der Waals surface area (Å²) in [7, 11) is 1.97. The van der Waals surface area contributed by atoms with Crippen LogP contribution in [0.3, 0.4) is 0 Å². The van der Waals surface area contributed by atoms with E-state index in [4.69, 9.17) is 4.74 Å². The normalized spacial score (nSPS) is 15.5. The van der Waals surface area contributed by atoms with Crippen LogP contribution in [0.25, 0.3) is 0 Å². The Balaban J connectivity index is 1.98. The van der Waals surface area contributed by atoms with E-state index in [9.17, 15) is 4.79 Å². The monoisotopic (exact) mass is 353 g/mol. The van der Waals surface area contributed by atoms with Gasteiger partial charge < -0.3 is 9.64 Å². The number of carbonyl (C=O) groups is 1. The Morgan fingerprint density at radius 2 is 1.88 bits per heavy atom. The van der Waals surface area contributed by atoms with Crippen molar-refractivity contribution in [2.24, 2.45) is 0 Å². The highest BCUT2D eigenvalue weighted by molar-refractivity contribution is 5.92.